The van der Waals surface area contributed by atoms with Crippen molar-refractivity contribution in [3.63, 3.8) is 0 Å². The number of nitrogens with one attached hydrogen (secondary N) is 1. The van der Waals surface area contributed by atoms with Gasteiger partial charge in [0, 0.05) is 19.1 Å². The van der Waals surface area contributed by atoms with Gasteiger partial charge >= 0.3 is 0 Å². The number of likely N-dealkylation sites (N-methyl/N-ethyl adjacent to an activating group) is 1. The molecule has 1 saturated heterocycles. The van der Waals surface area contributed by atoms with Crippen LogP contribution in [0.25, 0.3) is 0 Å². The Morgan fingerprint density at radius 1 is 1.75 bits per heavy atom. The lowest BCUT2D eigenvalue weighted by Crippen LogP contribution is -2.37. The first-order chi connectivity index (χ1) is 5.72. The van der Waals surface area contributed by atoms with Crippen LogP contribution in [0.15, 0.2) is 0 Å². The van der Waals surface area contributed by atoms with Crippen LogP contribution in [-0.4, -0.2) is 55.5 Å². The Kier molecular flexibility index (Phi) is 3.91. The summed E-state index contributed by atoms with van der Waals surface area (Å²) in [5, 5.41) is 12.1. The summed E-state index contributed by atoms with van der Waals surface area (Å²) >= 11 is 0. The lowest BCUT2D eigenvalue weighted by molar-refractivity contribution is 0.134. The Morgan fingerprint density at radius 2 is 2.50 bits per heavy atom. The summed E-state index contributed by atoms with van der Waals surface area (Å²) in [5.74, 6) is 0. The quantitative estimate of drug-likeness (QED) is 0.612. The molecule has 0 spiro atoms. The van der Waals surface area contributed by atoms with Gasteiger partial charge in [-0.25, -0.2) is 4.39 Å². The lowest BCUT2D eigenvalue weighted by atomic mass is 10.2. The molecule has 0 radical (unpaired) electrons. The SMILES string of the molecule is CN1CCC(NCC(O)CF)C1. The number of hydrogen-bond acceptors (Lipinski definition) is 3. The maximum atomic E-state index is 11.8. The average Bonchev–Trinajstić information content (AvgIpc) is 2.47. The predicted octanol–water partition coefficient (Wildman–Crippen LogP) is -0.389. The summed E-state index contributed by atoms with van der Waals surface area (Å²) in [4.78, 5) is 2.22. The van der Waals surface area contributed by atoms with Crippen LogP contribution in [-0.2, 0) is 0 Å². The predicted molar refractivity (Wildman–Crippen MR) is 45.9 cm³/mol. The first-order valence-electron chi connectivity index (χ1n) is 4.38. The van der Waals surface area contributed by atoms with Crippen LogP contribution in [0.4, 0.5) is 4.39 Å². The second-order valence-electron chi connectivity index (χ2n) is 3.46. The molecule has 1 aliphatic heterocycles. The van der Waals surface area contributed by atoms with Crippen LogP contribution < -0.4 is 5.32 Å². The van der Waals surface area contributed by atoms with Crippen molar-refractivity contribution in [2.75, 3.05) is 33.4 Å². The summed E-state index contributed by atoms with van der Waals surface area (Å²) in [7, 11) is 2.06. The van der Waals surface area contributed by atoms with Crippen molar-refractivity contribution in [1.29, 1.82) is 0 Å². The molecule has 0 aliphatic carbocycles. The monoisotopic (exact) mass is 176 g/mol. The Labute approximate surface area is 72.6 Å². The van der Waals surface area contributed by atoms with Crippen molar-refractivity contribution in [3.8, 4) is 0 Å². The summed E-state index contributed by atoms with van der Waals surface area (Å²) in [6, 6.07) is 0.427. The summed E-state index contributed by atoms with van der Waals surface area (Å²) in [5.41, 5.74) is 0. The normalized spacial score (nSPS) is 27.8. The molecule has 2 unspecified atom stereocenters. The van der Waals surface area contributed by atoms with Gasteiger partial charge in [-0.2, -0.15) is 0 Å². The molecule has 4 heteroatoms. The van der Waals surface area contributed by atoms with Crippen LogP contribution in [0, 0.1) is 0 Å². The number of aliphatic hydroxyl groups excluding tert-OH is 1. The van der Waals surface area contributed by atoms with Crippen LogP contribution in [0.2, 0.25) is 0 Å². The second-order valence-corrected chi connectivity index (χ2v) is 3.46. The van der Waals surface area contributed by atoms with E-state index in [1.54, 1.807) is 0 Å². The number of aliphatic hydroxyl groups is 1. The molecule has 0 aromatic heterocycles. The van der Waals surface area contributed by atoms with Gasteiger partial charge in [0.1, 0.15) is 6.67 Å². The van der Waals surface area contributed by atoms with E-state index in [1.165, 1.54) is 0 Å². The lowest BCUT2D eigenvalue weighted by Gasteiger charge is -2.14. The van der Waals surface area contributed by atoms with Crippen molar-refractivity contribution < 1.29 is 9.50 Å². The molecule has 1 rings (SSSR count). The Morgan fingerprint density at radius 3 is 3.00 bits per heavy atom. The van der Waals surface area contributed by atoms with Gasteiger partial charge in [-0.3, -0.25) is 0 Å². The number of hydrogen-bond donors (Lipinski definition) is 2. The molecule has 0 aromatic carbocycles. The zero-order valence-electron chi connectivity index (χ0n) is 7.46. The molecular formula is C8H17FN2O. The zero-order valence-corrected chi connectivity index (χ0v) is 7.46. The van der Waals surface area contributed by atoms with E-state index < -0.39 is 12.8 Å². The van der Waals surface area contributed by atoms with Gasteiger partial charge in [-0.05, 0) is 20.0 Å². The van der Waals surface area contributed by atoms with Crippen molar-refractivity contribution in [2.45, 2.75) is 18.6 Å². The molecule has 3 nitrogen and oxygen atoms in total. The fourth-order valence-electron chi connectivity index (χ4n) is 1.46. The third-order valence-corrected chi connectivity index (χ3v) is 2.21. The first kappa shape index (κ1) is 9.89. The first-order valence-corrected chi connectivity index (χ1v) is 4.38. The van der Waals surface area contributed by atoms with Gasteiger partial charge in [0.2, 0.25) is 0 Å². The zero-order chi connectivity index (χ0) is 8.97. The van der Waals surface area contributed by atoms with Gasteiger partial charge in [0.05, 0.1) is 6.10 Å². The number of likely N-dealkylation sites (tertiary alicyclic amines) is 1. The number of halogens is 1. The molecule has 2 atom stereocenters. The molecule has 1 fully saturated rings. The molecule has 0 bridgehead atoms. The van der Waals surface area contributed by atoms with Crippen LogP contribution in [0.1, 0.15) is 6.42 Å². The highest BCUT2D eigenvalue weighted by Gasteiger charge is 2.19. The van der Waals surface area contributed by atoms with E-state index in [2.05, 4.69) is 17.3 Å². The fraction of sp³-hybridized carbons (Fsp3) is 1.00. The highest BCUT2D eigenvalue weighted by molar-refractivity contribution is 4.79. The van der Waals surface area contributed by atoms with E-state index in [1.807, 2.05) is 0 Å². The molecule has 72 valence electrons. The fourth-order valence-corrected chi connectivity index (χ4v) is 1.46. The van der Waals surface area contributed by atoms with E-state index in [-0.39, 0.29) is 0 Å². The van der Waals surface area contributed by atoms with Crippen molar-refractivity contribution >= 4 is 0 Å². The van der Waals surface area contributed by atoms with Gasteiger partial charge in [-0.15, -0.1) is 0 Å². The smallest absolute Gasteiger partial charge is 0.117 e. The standard InChI is InChI=1S/C8H17FN2O/c1-11-3-2-7(6-11)10-5-8(12)4-9/h7-8,10,12H,2-6H2,1H3. The van der Waals surface area contributed by atoms with Gasteiger partial charge in [-0.1, -0.05) is 0 Å². The molecule has 0 saturated carbocycles. The van der Waals surface area contributed by atoms with Crippen molar-refractivity contribution in [1.82, 2.24) is 10.2 Å². The molecule has 2 N–H and O–H groups in total. The third-order valence-electron chi connectivity index (χ3n) is 2.21. The second kappa shape index (κ2) is 4.74. The van der Waals surface area contributed by atoms with Crippen LogP contribution in [0.5, 0.6) is 0 Å². The van der Waals surface area contributed by atoms with Crippen LogP contribution >= 0.6 is 0 Å². The topological polar surface area (TPSA) is 35.5 Å². The Bertz CT molecular complexity index is 134. The van der Waals surface area contributed by atoms with E-state index in [4.69, 9.17) is 5.11 Å². The maximum absolute atomic E-state index is 11.8. The summed E-state index contributed by atoms with van der Waals surface area (Å²) < 4.78 is 11.8. The molecule has 0 aromatic rings. The van der Waals surface area contributed by atoms with Crippen molar-refractivity contribution in [3.05, 3.63) is 0 Å². The van der Waals surface area contributed by atoms with E-state index in [0.717, 1.165) is 19.5 Å². The molecule has 1 aliphatic rings. The minimum absolute atomic E-state index is 0.370. The molecule has 12 heavy (non-hydrogen) atoms. The minimum Gasteiger partial charge on any atom is -0.389 e. The van der Waals surface area contributed by atoms with E-state index in [9.17, 15) is 4.39 Å². The number of rotatable bonds is 4. The third kappa shape index (κ3) is 3.05. The maximum Gasteiger partial charge on any atom is 0.117 e. The van der Waals surface area contributed by atoms with Gasteiger partial charge in [0.25, 0.3) is 0 Å². The van der Waals surface area contributed by atoms with Gasteiger partial charge in [0.15, 0.2) is 0 Å². The van der Waals surface area contributed by atoms with Crippen molar-refractivity contribution in [2.24, 2.45) is 0 Å². The minimum atomic E-state index is -0.837. The summed E-state index contributed by atoms with van der Waals surface area (Å²) in [6.07, 6.45) is 0.256. The Hall–Kier alpha value is -0.190. The average molecular weight is 176 g/mol. The van der Waals surface area contributed by atoms with E-state index >= 15 is 0 Å². The van der Waals surface area contributed by atoms with Crippen LogP contribution in [0.3, 0.4) is 0 Å². The Balaban J connectivity index is 2.07. The van der Waals surface area contributed by atoms with E-state index in [0.29, 0.717) is 12.6 Å². The highest BCUT2D eigenvalue weighted by atomic mass is 19.1. The molecule has 1 heterocycles. The largest absolute Gasteiger partial charge is 0.389 e. The molecular weight excluding hydrogens is 159 g/mol. The highest BCUT2D eigenvalue weighted by Crippen LogP contribution is 2.05. The molecule has 0 amide bonds. The summed E-state index contributed by atoms with van der Waals surface area (Å²) in [6.45, 7) is 1.80. The van der Waals surface area contributed by atoms with Gasteiger partial charge < -0.3 is 15.3 Å². The number of nitrogens with zero attached hydrogens (tertiary/aromatic N) is 1. The number of alkyl halides is 1.